The number of imidazole rings is 1. The highest BCUT2D eigenvalue weighted by molar-refractivity contribution is 7.08. The average molecular weight is 317 g/mol. The Morgan fingerprint density at radius 1 is 1.45 bits per heavy atom. The van der Waals surface area contributed by atoms with Crippen LogP contribution in [0.25, 0.3) is 0 Å². The smallest absolute Gasteiger partial charge is 0.323 e. The number of nitrogens with zero attached hydrogens (tertiary/aromatic N) is 4. The maximum atomic E-state index is 12.3. The van der Waals surface area contributed by atoms with Gasteiger partial charge in [0.1, 0.15) is 11.9 Å². The van der Waals surface area contributed by atoms with Gasteiger partial charge in [0.2, 0.25) is 0 Å². The Morgan fingerprint density at radius 3 is 3.05 bits per heavy atom. The number of urea groups is 1. The number of amidine groups is 1. The largest absolute Gasteiger partial charge is 0.337 e. The van der Waals surface area contributed by atoms with Crippen LogP contribution in [0.5, 0.6) is 0 Å². The van der Waals surface area contributed by atoms with Crippen molar-refractivity contribution in [3.63, 3.8) is 0 Å². The fourth-order valence-electron chi connectivity index (χ4n) is 2.65. The molecule has 0 aromatic carbocycles. The Hall–Kier alpha value is -2.15. The van der Waals surface area contributed by atoms with Crippen LogP contribution in [0.15, 0.2) is 40.5 Å². The van der Waals surface area contributed by atoms with Gasteiger partial charge in [-0.05, 0) is 35.7 Å². The minimum atomic E-state index is -0.0820. The number of nitrogens with one attached hydrogen (secondary N) is 1. The molecule has 1 saturated heterocycles. The van der Waals surface area contributed by atoms with Gasteiger partial charge < -0.3 is 9.47 Å². The van der Waals surface area contributed by atoms with E-state index < -0.39 is 0 Å². The van der Waals surface area contributed by atoms with Crippen LogP contribution >= 0.6 is 11.3 Å². The first-order chi connectivity index (χ1) is 10.8. The van der Waals surface area contributed by atoms with Crippen molar-refractivity contribution in [2.24, 2.45) is 4.99 Å². The molecule has 1 aliphatic heterocycles. The summed E-state index contributed by atoms with van der Waals surface area (Å²) in [7, 11) is 0. The summed E-state index contributed by atoms with van der Waals surface area (Å²) in [4.78, 5) is 22.6. The van der Waals surface area contributed by atoms with Crippen LogP contribution in [0, 0.1) is 0 Å². The lowest BCUT2D eigenvalue weighted by Gasteiger charge is -2.22. The predicted octanol–water partition coefficient (Wildman–Crippen LogP) is 2.52. The van der Waals surface area contributed by atoms with Crippen molar-refractivity contribution in [2.45, 2.75) is 25.9 Å². The summed E-state index contributed by atoms with van der Waals surface area (Å²) in [5, 5.41) is 7.02. The highest BCUT2D eigenvalue weighted by atomic mass is 32.1. The standard InChI is InChI=1S/C15H19N5OS/c1-2-17-14-13(12-4-9-22-10-12)20(15(21)18-14)7-3-6-19-8-5-16-11-19/h4-5,8-11,13H,2-3,6-7H2,1H3,(H,17,18,21). The van der Waals surface area contributed by atoms with E-state index in [4.69, 9.17) is 0 Å². The van der Waals surface area contributed by atoms with Crippen LogP contribution in [0.4, 0.5) is 4.79 Å². The van der Waals surface area contributed by atoms with Gasteiger partial charge >= 0.3 is 6.03 Å². The van der Waals surface area contributed by atoms with E-state index in [1.54, 1.807) is 23.9 Å². The molecular formula is C15H19N5OS. The van der Waals surface area contributed by atoms with Crippen LogP contribution in [0.3, 0.4) is 0 Å². The first kappa shape index (κ1) is 14.8. The number of aryl methyl sites for hydroxylation is 1. The molecule has 0 aliphatic carbocycles. The molecule has 2 aromatic rings. The van der Waals surface area contributed by atoms with Crippen LogP contribution < -0.4 is 5.32 Å². The molecule has 6 nitrogen and oxygen atoms in total. The number of thiophene rings is 1. The Kier molecular flexibility index (Phi) is 4.53. The molecular weight excluding hydrogens is 298 g/mol. The normalized spacial score (nSPS) is 19.9. The first-order valence-electron chi connectivity index (χ1n) is 7.39. The molecule has 0 radical (unpaired) electrons. The number of amides is 2. The molecule has 116 valence electrons. The molecule has 1 atom stereocenters. The monoisotopic (exact) mass is 317 g/mol. The van der Waals surface area contributed by atoms with Crippen molar-refractivity contribution < 1.29 is 4.79 Å². The third-order valence-electron chi connectivity index (χ3n) is 3.63. The van der Waals surface area contributed by atoms with Crippen molar-refractivity contribution >= 4 is 23.2 Å². The summed E-state index contributed by atoms with van der Waals surface area (Å²) in [6.07, 6.45) is 6.38. The average Bonchev–Trinajstić information content (AvgIpc) is 3.22. The lowest BCUT2D eigenvalue weighted by molar-refractivity contribution is 0.204. The molecule has 2 amide bonds. The zero-order chi connectivity index (χ0) is 15.4. The fourth-order valence-corrected chi connectivity index (χ4v) is 3.33. The molecule has 0 saturated carbocycles. The zero-order valence-electron chi connectivity index (χ0n) is 12.5. The fraction of sp³-hybridized carbons (Fsp3) is 0.400. The number of aliphatic imine (C=N–C) groups is 1. The number of aromatic nitrogens is 2. The van der Waals surface area contributed by atoms with E-state index in [0.29, 0.717) is 13.1 Å². The molecule has 1 aliphatic rings. The Labute approximate surface area is 133 Å². The van der Waals surface area contributed by atoms with Gasteiger partial charge in [-0.2, -0.15) is 11.3 Å². The van der Waals surface area contributed by atoms with Crippen LogP contribution in [-0.4, -0.2) is 39.4 Å². The number of carbonyl (C=O) groups is 1. The Bertz CT molecular complexity index is 635. The molecule has 1 unspecified atom stereocenters. The lowest BCUT2D eigenvalue weighted by Crippen LogP contribution is -2.31. The lowest BCUT2D eigenvalue weighted by atomic mass is 10.1. The third-order valence-corrected chi connectivity index (χ3v) is 4.33. The molecule has 3 heterocycles. The summed E-state index contributed by atoms with van der Waals surface area (Å²) >= 11 is 1.64. The van der Waals surface area contributed by atoms with Gasteiger partial charge in [0.25, 0.3) is 0 Å². The second-order valence-electron chi connectivity index (χ2n) is 5.10. The second-order valence-corrected chi connectivity index (χ2v) is 5.88. The maximum absolute atomic E-state index is 12.3. The van der Waals surface area contributed by atoms with Gasteiger partial charge in [-0.15, -0.1) is 0 Å². The second kappa shape index (κ2) is 6.74. The Morgan fingerprint density at radius 2 is 2.36 bits per heavy atom. The number of carbonyl (C=O) groups excluding carboxylic acids is 1. The van der Waals surface area contributed by atoms with E-state index in [1.807, 2.05) is 28.0 Å². The SMILES string of the molecule is CCN=C1NC(=O)N(CCCn2ccnc2)C1c1ccsc1. The van der Waals surface area contributed by atoms with Crippen molar-refractivity contribution in [1.29, 1.82) is 0 Å². The summed E-state index contributed by atoms with van der Waals surface area (Å²) < 4.78 is 2.02. The molecule has 2 aromatic heterocycles. The third kappa shape index (κ3) is 3.04. The summed E-state index contributed by atoms with van der Waals surface area (Å²) in [6, 6.07) is 1.92. The molecule has 0 spiro atoms. The van der Waals surface area contributed by atoms with Gasteiger partial charge in [0, 0.05) is 32.0 Å². The molecule has 1 fully saturated rings. The van der Waals surface area contributed by atoms with E-state index in [0.717, 1.165) is 24.4 Å². The number of hydrogen-bond donors (Lipinski definition) is 1. The molecule has 7 heteroatoms. The van der Waals surface area contributed by atoms with Crippen molar-refractivity contribution in [1.82, 2.24) is 19.8 Å². The van der Waals surface area contributed by atoms with Gasteiger partial charge in [-0.25, -0.2) is 9.78 Å². The zero-order valence-corrected chi connectivity index (χ0v) is 13.3. The number of hydrogen-bond acceptors (Lipinski definition) is 4. The van der Waals surface area contributed by atoms with Crippen LogP contribution in [0.1, 0.15) is 24.9 Å². The van der Waals surface area contributed by atoms with Gasteiger partial charge in [-0.3, -0.25) is 10.3 Å². The van der Waals surface area contributed by atoms with Gasteiger partial charge in [0.15, 0.2) is 0 Å². The predicted molar refractivity (Wildman–Crippen MR) is 87.1 cm³/mol. The first-order valence-corrected chi connectivity index (χ1v) is 8.33. The number of rotatable bonds is 6. The van der Waals surface area contributed by atoms with E-state index in [-0.39, 0.29) is 12.1 Å². The van der Waals surface area contributed by atoms with Crippen molar-refractivity contribution in [3.05, 3.63) is 41.1 Å². The molecule has 22 heavy (non-hydrogen) atoms. The molecule has 3 rings (SSSR count). The van der Waals surface area contributed by atoms with Crippen LogP contribution in [-0.2, 0) is 6.54 Å². The topological polar surface area (TPSA) is 62.5 Å². The van der Waals surface area contributed by atoms with E-state index >= 15 is 0 Å². The van der Waals surface area contributed by atoms with E-state index in [9.17, 15) is 4.79 Å². The van der Waals surface area contributed by atoms with Gasteiger partial charge in [-0.1, -0.05) is 0 Å². The summed E-state index contributed by atoms with van der Waals surface area (Å²) in [5.41, 5.74) is 1.12. The van der Waals surface area contributed by atoms with Crippen molar-refractivity contribution in [2.75, 3.05) is 13.1 Å². The van der Waals surface area contributed by atoms with Gasteiger partial charge in [0.05, 0.1) is 6.33 Å². The van der Waals surface area contributed by atoms with Crippen molar-refractivity contribution in [3.8, 4) is 0 Å². The maximum Gasteiger partial charge on any atom is 0.323 e. The minimum absolute atomic E-state index is 0.0611. The Balaban J connectivity index is 1.72. The van der Waals surface area contributed by atoms with Crippen LogP contribution in [0.2, 0.25) is 0 Å². The quantitative estimate of drug-likeness (QED) is 0.890. The summed E-state index contributed by atoms with van der Waals surface area (Å²) in [5.74, 6) is 0.758. The van der Waals surface area contributed by atoms with E-state index in [2.05, 4.69) is 26.7 Å². The highest BCUT2D eigenvalue weighted by Gasteiger charge is 2.37. The molecule has 0 bridgehead atoms. The summed E-state index contributed by atoms with van der Waals surface area (Å²) in [6.45, 7) is 4.18. The highest BCUT2D eigenvalue weighted by Crippen LogP contribution is 2.28. The van der Waals surface area contributed by atoms with E-state index in [1.165, 1.54) is 0 Å². The molecule has 1 N–H and O–H groups in total. The minimum Gasteiger partial charge on any atom is -0.337 e.